The van der Waals surface area contributed by atoms with Gasteiger partial charge in [-0.2, -0.15) is 0 Å². The van der Waals surface area contributed by atoms with Crippen LogP contribution in [0.4, 0.5) is 19.3 Å². The van der Waals surface area contributed by atoms with Crippen molar-refractivity contribution in [3.05, 3.63) is 82.4 Å². The summed E-state index contributed by atoms with van der Waals surface area (Å²) in [5.41, 5.74) is 3.81. The largest absolute Gasteiger partial charge is 0.454 e. The second-order valence-corrected chi connectivity index (χ2v) is 15.1. The van der Waals surface area contributed by atoms with Crippen molar-refractivity contribution in [1.82, 2.24) is 25.3 Å². The molecule has 2 saturated heterocycles. The molecule has 266 valence electrons. The summed E-state index contributed by atoms with van der Waals surface area (Å²) in [4.78, 5) is 48.7. The highest BCUT2D eigenvalue weighted by Crippen LogP contribution is 2.57. The number of hydrogen-bond acceptors (Lipinski definition) is 9. The Balaban J connectivity index is 0.976. The van der Waals surface area contributed by atoms with E-state index in [0.29, 0.717) is 22.5 Å². The Morgan fingerprint density at radius 3 is 2.35 bits per heavy atom. The van der Waals surface area contributed by atoms with Gasteiger partial charge < -0.3 is 9.26 Å². The Kier molecular flexibility index (Phi) is 8.52. The lowest BCUT2D eigenvalue weighted by Gasteiger charge is -2.61. The molecule has 4 aromatic rings. The van der Waals surface area contributed by atoms with Crippen LogP contribution in [-0.4, -0.2) is 63.2 Å². The maximum Gasteiger partial charge on any atom is 0.377 e. The van der Waals surface area contributed by atoms with Crippen LogP contribution < -0.4 is 10.2 Å². The standard InChI is InChI=1S/C38H40F2N6O5/c1-20-33(21(2)42-34(41-20)29-15-31(51-44-29)35(48)50-37(4,5)6)26-9-7-23(13-27(26)39)22(3)45-18-38(19-45)16-25(17-38)24-8-10-30(28(40)14-24)46-12-11-32(47)43-36(46)49/h7-10,13-15,22,25H,11-12,16-19H2,1-6H3,(H,43,47,49)/t22-/m1/s1. The van der Waals surface area contributed by atoms with Gasteiger partial charge in [-0.1, -0.05) is 23.4 Å². The number of aryl methyl sites for hydroxylation is 2. The highest BCUT2D eigenvalue weighted by atomic mass is 19.1. The summed E-state index contributed by atoms with van der Waals surface area (Å²) < 4.78 is 41.4. The number of hydrogen-bond donors (Lipinski definition) is 1. The summed E-state index contributed by atoms with van der Waals surface area (Å²) in [6.45, 7) is 12.8. The van der Waals surface area contributed by atoms with Crippen LogP contribution in [0.5, 0.6) is 0 Å². The molecule has 1 aliphatic carbocycles. The Morgan fingerprint density at radius 1 is 1.02 bits per heavy atom. The predicted molar refractivity (Wildman–Crippen MR) is 184 cm³/mol. The minimum absolute atomic E-state index is 0.00433. The van der Waals surface area contributed by atoms with E-state index in [9.17, 15) is 14.4 Å². The van der Waals surface area contributed by atoms with Crippen molar-refractivity contribution >= 4 is 23.6 Å². The van der Waals surface area contributed by atoms with Gasteiger partial charge in [0.15, 0.2) is 11.5 Å². The summed E-state index contributed by atoms with van der Waals surface area (Å²) in [5, 5.41) is 6.18. The normalized spacial score (nSPS) is 18.3. The zero-order valence-corrected chi connectivity index (χ0v) is 29.5. The van der Waals surface area contributed by atoms with E-state index in [1.807, 2.05) is 12.1 Å². The van der Waals surface area contributed by atoms with Crippen molar-refractivity contribution in [2.24, 2.45) is 5.41 Å². The van der Waals surface area contributed by atoms with Crippen molar-refractivity contribution in [3.63, 3.8) is 0 Å². The molecule has 0 bridgehead atoms. The Labute approximate surface area is 294 Å². The average molecular weight is 699 g/mol. The van der Waals surface area contributed by atoms with Gasteiger partial charge in [0, 0.05) is 60.7 Å². The van der Waals surface area contributed by atoms with Gasteiger partial charge in [-0.25, -0.2) is 28.3 Å². The molecule has 2 aromatic heterocycles. The molecule has 2 aliphatic heterocycles. The van der Waals surface area contributed by atoms with Gasteiger partial charge in [-0.15, -0.1) is 0 Å². The van der Waals surface area contributed by atoms with Crippen molar-refractivity contribution in [3.8, 4) is 22.6 Å². The first-order chi connectivity index (χ1) is 24.1. The van der Waals surface area contributed by atoms with Crippen LogP contribution in [0.3, 0.4) is 0 Å². The fourth-order valence-electron chi connectivity index (χ4n) is 7.59. The van der Waals surface area contributed by atoms with Crippen LogP contribution in [0.2, 0.25) is 0 Å². The number of nitrogens with zero attached hydrogens (tertiary/aromatic N) is 5. The van der Waals surface area contributed by atoms with Gasteiger partial charge in [-0.3, -0.25) is 19.9 Å². The third-order valence-corrected chi connectivity index (χ3v) is 10.1. The maximum absolute atomic E-state index is 15.8. The maximum atomic E-state index is 15.8. The molecule has 11 nitrogen and oxygen atoms in total. The number of anilines is 1. The first kappa shape index (κ1) is 34.4. The summed E-state index contributed by atoms with van der Waals surface area (Å²) in [6, 6.07) is 11.1. The van der Waals surface area contributed by atoms with Crippen LogP contribution in [0, 0.1) is 30.9 Å². The quantitative estimate of drug-likeness (QED) is 0.202. The number of halogens is 2. The predicted octanol–water partition coefficient (Wildman–Crippen LogP) is 7.04. The van der Waals surface area contributed by atoms with E-state index in [4.69, 9.17) is 9.26 Å². The number of carbonyl (C=O) groups excluding carboxylic acids is 3. The zero-order valence-electron chi connectivity index (χ0n) is 29.5. The van der Waals surface area contributed by atoms with Gasteiger partial charge in [0.2, 0.25) is 11.7 Å². The van der Waals surface area contributed by atoms with E-state index < -0.39 is 23.4 Å². The van der Waals surface area contributed by atoms with Crippen LogP contribution in [0.25, 0.3) is 22.6 Å². The second-order valence-electron chi connectivity index (χ2n) is 15.1. The lowest BCUT2D eigenvalue weighted by Crippen LogP contribution is -2.61. The van der Waals surface area contributed by atoms with Crippen molar-refractivity contribution in [2.45, 2.75) is 78.4 Å². The monoisotopic (exact) mass is 698 g/mol. The topological polar surface area (TPSA) is 131 Å². The number of nitrogens with one attached hydrogen (secondary N) is 1. The number of esters is 1. The van der Waals surface area contributed by atoms with E-state index >= 15 is 8.78 Å². The van der Waals surface area contributed by atoms with Crippen LogP contribution in [0.15, 0.2) is 47.0 Å². The minimum Gasteiger partial charge on any atom is -0.454 e. The van der Waals surface area contributed by atoms with Crippen LogP contribution in [-0.2, 0) is 9.53 Å². The molecular formula is C38H40F2N6O5. The summed E-state index contributed by atoms with van der Waals surface area (Å²) in [6.07, 6.45) is 2.01. The molecule has 1 spiro atoms. The molecule has 4 heterocycles. The number of carbonyl (C=O) groups is 3. The third kappa shape index (κ3) is 6.62. The molecule has 51 heavy (non-hydrogen) atoms. The Bertz CT molecular complexity index is 2040. The third-order valence-electron chi connectivity index (χ3n) is 10.1. The van der Waals surface area contributed by atoms with E-state index in [2.05, 4.69) is 32.3 Å². The molecule has 2 aromatic carbocycles. The lowest BCUT2D eigenvalue weighted by atomic mass is 9.56. The second kappa shape index (κ2) is 12.6. The number of ether oxygens (including phenoxy) is 1. The fourth-order valence-corrected chi connectivity index (χ4v) is 7.59. The van der Waals surface area contributed by atoms with Crippen molar-refractivity contribution in [2.75, 3.05) is 24.5 Å². The van der Waals surface area contributed by atoms with Gasteiger partial charge in [0.05, 0.1) is 5.69 Å². The molecule has 1 N–H and O–H groups in total. The van der Waals surface area contributed by atoms with Crippen molar-refractivity contribution < 1.29 is 32.4 Å². The molecule has 1 atom stereocenters. The van der Waals surface area contributed by atoms with E-state index in [-0.39, 0.29) is 65.0 Å². The molecule has 0 radical (unpaired) electrons. The summed E-state index contributed by atoms with van der Waals surface area (Å²) in [5.74, 6) is -1.40. The number of imide groups is 1. The number of amides is 3. The number of benzene rings is 2. The van der Waals surface area contributed by atoms with E-state index in [1.54, 1.807) is 52.8 Å². The number of aromatic nitrogens is 3. The van der Waals surface area contributed by atoms with Crippen LogP contribution in [0.1, 0.15) is 92.0 Å². The molecule has 3 amide bonds. The number of urea groups is 1. The number of likely N-dealkylation sites (tertiary alicyclic amines) is 1. The first-order valence-electron chi connectivity index (χ1n) is 17.1. The van der Waals surface area contributed by atoms with Crippen LogP contribution >= 0.6 is 0 Å². The average Bonchev–Trinajstić information content (AvgIpc) is 3.51. The summed E-state index contributed by atoms with van der Waals surface area (Å²) in [7, 11) is 0. The zero-order chi connectivity index (χ0) is 36.4. The molecule has 13 heteroatoms. The molecular weight excluding hydrogens is 658 g/mol. The molecule has 0 unspecified atom stereocenters. The Hall–Kier alpha value is -5.04. The molecule has 3 fully saturated rings. The van der Waals surface area contributed by atoms with E-state index in [1.165, 1.54) is 17.0 Å². The minimum atomic E-state index is -0.690. The smallest absolute Gasteiger partial charge is 0.377 e. The first-order valence-corrected chi connectivity index (χ1v) is 17.1. The molecule has 3 aliphatic rings. The molecule has 1 saturated carbocycles. The van der Waals surface area contributed by atoms with Gasteiger partial charge in [0.25, 0.3) is 0 Å². The Morgan fingerprint density at radius 2 is 1.73 bits per heavy atom. The fraction of sp³-hybridized carbons (Fsp3) is 0.421. The van der Waals surface area contributed by atoms with Gasteiger partial charge >= 0.3 is 12.0 Å². The molecule has 7 rings (SSSR count). The highest BCUT2D eigenvalue weighted by molar-refractivity contribution is 6.05. The van der Waals surface area contributed by atoms with E-state index in [0.717, 1.165) is 37.1 Å². The number of rotatable bonds is 7. The summed E-state index contributed by atoms with van der Waals surface area (Å²) >= 11 is 0. The highest BCUT2D eigenvalue weighted by Gasteiger charge is 2.53. The SMILES string of the molecule is Cc1nc(-c2cc(C(=O)OC(C)(C)C)on2)nc(C)c1-c1ccc([C@@H](C)N2CC3(CC(c4ccc(N5CCC(=O)NC5=O)c(F)c4)C3)C2)cc1F. The van der Waals surface area contributed by atoms with Crippen molar-refractivity contribution in [1.29, 1.82) is 0 Å². The van der Waals surface area contributed by atoms with Gasteiger partial charge in [0.1, 0.15) is 17.2 Å². The lowest BCUT2D eigenvalue weighted by molar-refractivity contribution is -0.120. The van der Waals surface area contributed by atoms with Gasteiger partial charge in [-0.05, 0) is 95.0 Å².